The van der Waals surface area contributed by atoms with E-state index in [9.17, 15) is 36.3 Å². The molecule has 1 N–H and O–H groups in total. The Morgan fingerprint density at radius 1 is 1.00 bits per heavy atom. The molecule has 31 heavy (non-hydrogen) atoms. The lowest BCUT2D eigenvalue weighted by molar-refractivity contribution is -0.123. The Morgan fingerprint density at radius 3 is 2.32 bits per heavy atom. The number of nitrogens with one attached hydrogen (secondary N) is 1. The van der Waals surface area contributed by atoms with Crippen molar-refractivity contribution in [3.8, 4) is 0 Å². The van der Waals surface area contributed by atoms with Crippen molar-refractivity contribution in [2.24, 2.45) is 10.3 Å². The van der Waals surface area contributed by atoms with Gasteiger partial charge in [-0.15, -0.1) is 0 Å². The number of carbonyl (C=O) groups is 3. The molecule has 160 valence electrons. The first-order chi connectivity index (χ1) is 14.7. The topological polar surface area (TPSA) is 94.4 Å². The van der Waals surface area contributed by atoms with Crippen molar-refractivity contribution < 1.29 is 36.3 Å². The predicted octanol–water partition coefficient (Wildman–Crippen LogP) is 2.31. The predicted molar refractivity (Wildman–Crippen MR) is 92.9 cm³/mol. The van der Waals surface area contributed by atoms with Crippen molar-refractivity contribution >= 4 is 29.1 Å². The van der Waals surface area contributed by atoms with Crippen LogP contribution in [0.25, 0.3) is 0 Å². The zero-order valence-corrected chi connectivity index (χ0v) is 15.2. The van der Waals surface area contributed by atoms with Crippen LogP contribution < -0.4 is 10.2 Å². The average Bonchev–Trinajstić information content (AvgIpc) is 3.21. The van der Waals surface area contributed by atoms with Gasteiger partial charge in [-0.25, -0.2) is 26.9 Å². The summed E-state index contributed by atoms with van der Waals surface area (Å²) in [5.74, 6) is -11.4. The number of imide groups is 1. The maximum atomic E-state index is 14.1. The molecule has 8 nitrogen and oxygen atoms in total. The fourth-order valence-corrected chi connectivity index (χ4v) is 3.24. The van der Waals surface area contributed by atoms with Gasteiger partial charge in [0.1, 0.15) is 18.0 Å². The van der Waals surface area contributed by atoms with Crippen LogP contribution in [0.5, 0.6) is 0 Å². The van der Waals surface area contributed by atoms with E-state index in [1.807, 2.05) is 0 Å². The molecule has 0 unspecified atom stereocenters. The standard InChI is InChI=1S/C18H10F5N5O3/c19-7-2-1-3-8(4-7)24-11(29)6-27-16-14(25-26-27)17(30)28(18(16)31)15-12(22)9(20)5-10(21)13(15)23/h1-5,14,16H,6H2,(H,24,29)/t14-,16+/m1/s1. The summed E-state index contributed by atoms with van der Waals surface area (Å²) < 4.78 is 68.5. The Labute approximate surface area is 169 Å². The summed E-state index contributed by atoms with van der Waals surface area (Å²) in [5, 5.41) is 10.2. The highest BCUT2D eigenvalue weighted by atomic mass is 19.2. The van der Waals surface area contributed by atoms with E-state index in [1.165, 1.54) is 12.1 Å². The molecule has 0 bridgehead atoms. The number of hydrogen-bond acceptors (Lipinski definition) is 6. The minimum absolute atomic E-state index is 0.0538. The molecule has 2 atom stereocenters. The van der Waals surface area contributed by atoms with E-state index in [-0.39, 0.29) is 16.7 Å². The Kier molecular flexibility index (Phi) is 4.87. The van der Waals surface area contributed by atoms with Gasteiger partial charge >= 0.3 is 0 Å². The first-order valence-electron chi connectivity index (χ1n) is 8.62. The molecule has 0 spiro atoms. The summed E-state index contributed by atoms with van der Waals surface area (Å²) in [6, 6.07) is 1.72. The quantitative estimate of drug-likeness (QED) is 0.450. The largest absolute Gasteiger partial charge is 0.324 e. The normalized spacial score (nSPS) is 19.9. The lowest BCUT2D eigenvalue weighted by atomic mass is 10.1. The van der Waals surface area contributed by atoms with Crippen molar-refractivity contribution in [1.29, 1.82) is 0 Å². The van der Waals surface area contributed by atoms with Crippen LogP contribution in [-0.4, -0.2) is 41.4 Å². The van der Waals surface area contributed by atoms with Crippen LogP contribution in [0.4, 0.5) is 33.3 Å². The second-order valence-electron chi connectivity index (χ2n) is 6.58. The van der Waals surface area contributed by atoms with Crippen LogP contribution in [0.2, 0.25) is 0 Å². The highest BCUT2D eigenvalue weighted by Gasteiger charge is 2.56. The van der Waals surface area contributed by atoms with Gasteiger partial charge in [0.05, 0.1) is 0 Å². The Balaban J connectivity index is 1.57. The molecule has 2 heterocycles. The molecule has 13 heteroatoms. The Bertz CT molecular complexity index is 1130. The molecule has 0 aliphatic carbocycles. The third-order valence-electron chi connectivity index (χ3n) is 4.58. The minimum atomic E-state index is -1.94. The molecule has 2 aliphatic heterocycles. The van der Waals surface area contributed by atoms with Crippen molar-refractivity contribution in [3.05, 3.63) is 59.4 Å². The van der Waals surface area contributed by atoms with E-state index < -0.39 is 71.1 Å². The van der Waals surface area contributed by atoms with Crippen LogP contribution in [0.3, 0.4) is 0 Å². The molecular weight excluding hydrogens is 429 g/mol. The smallest absolute Gasteiger partial charge is 0.263 e. The molecular formula is C18H10F5N5O3. The maximum absolute atomic E-state index is 14.1. The van der Waals surface area contributed by atoms with Gasteiger partial charge in [-0.1, -0.05) is 11.3 Å². The zero-order valence-electron chi connectivity index (χ0n) is 15.2. The molecule has 4 rings (SSSR count). The first kappa shape index (κ1) is 20.4. The summed E-state index contributed by atoms with van der Waals surface area (Å²) in [7, 11) is 0. The van der Waals surface area contributed by atoms with E-state index in [2.05, 4.69) is 15.7 Å². The van der Waals surface area contributed by atoms with Gasteiger partial charge in [0.2, 0.25) is 5.91 Å². The number of hydrogen-bond donors (Lipinski definition) is 1. The molecule has 0 aromatic heterocycles. The van der Waals surface area contributed by atoms with Crippen molar-refractivity contribution in [2.75, 3.05) is 16.8 Å². The number of halogens is 5. The summed E-state index contributed by atoms with van der Waals surface area (Å²) in [5.41, 5.74) is -1.41. The maximum Gasteiger partial charge on any atom is 0.263 e. The van der Waals surface area contributed by atoms with E-state index in [0.717, 1.165) is 17.1 Å². The first-order valence-corrected chi connectivity index (χ1v) is 8.62. The van der Waals surface area contributed by atoms with Gasteiger partial charge in [0.15, 0.2) is 35.4 Å². The summed E-state index contributed by atoms with van der Waals surface area (Å²) in [6.45, 7) is -0.628. The van der Waals surface area contributed by atoms with Gasteiger partial charge in [0.25, 0.3) is 11.8 Å². The molecule has 0 saturated carbocycles. The number of fused-ring (bicyclic) bond motifs is 1. The summed E-state index contributed by atoms with van der Waals surface area (Å²) in [4.78, 5) is 37.3. The third-order valence-corrected chi connectivity index (χ3v) is 4.58. The van der Waals surface area contributed by atoms with Gasteiger partial charge in [-0.3, -0.25) is 19.4 Å². The van der Waals surface area contributed by atoms with Crippen LogP contribution >= 0.6 is 0 Å². The second kappa shape index (κ2) is 7.41. The minimum Gasteiger partial charge on any atom is -0.324 e. The van der Waals surface area contributed by atoms with Crippen molar-refractivity contribution in [1.82, 2.24) is 5.01 Å². The number of benzene rings is 2. The fourth-order valence-electron chi connectivity index (χ4n) is 3.24. The molecule has 0 radical (unpaired) electrons. The van der Waals surface area contributed by atoms with Gasteiger partial charge < -0.3 is 5.32 Å². The van der Waals surface area contributed by atoms with Gasteiger partial charge in [-0.05, 0) is 18.2 Å². The number of anilines is 2. The highest BCUT2D eigenvalue weighted by molar-refractivity contribution is 6.25. The van der Waals surface area contributed by atoms with Crippen LogP contribution in [0.15, 0.2) is 40.7 Å². The van der Waals surface area contributed by atoms with E-state index >= 15 is 0 Å². The van der Waals surface area contributed by atoms with Crippen LogP contribution in [0, 0.1) is 29.1 Å². The SMILES string of the molecule is O=C(CN1N=N[C@H]2C(=O)N(c3c(F)c(F)cc(F)c3F)C(=O)[C@H]21)Nc1cccc(F)c1. The molecule has 2 aromatic rings. The van der Waals surface area contributed by atoms with E-state index in [4.69, 9.17) is 0 Å². The van der Waals surface area contributed by atoms with E-state index in [0.29, 0.717) is 0 Å². The number of carbonyl (C=O) groups excluding carboxylic acids is 3. The monoisotopic (exact) mass is 439 g/mol. The van der Waals surface area contributed by atoms with Crippen molar-refractivity contribution in [3.63, 3.8) is 0 Å². The Hall–Kier alpha value is -3.90. The number of amides is 3. The molecule has 1 saturated heterocycles. The number of rotatable bonds is 4. The lowest BCUT2D eigenvalue weighted by Gasteiger charge is -2.21. The lowest BCUT2D eigenvalue weighted by Crippen LogP contribution is -2.43. The fraction of sp³-hybridized carbons (Fsp3) is 0.167. The summed E-state index contributed by atoms with van der Waals surface area (Å²) in [6.07, 6.45) is 0. The van der Waals surface area contributed by atoms with Gasteiger partial charge in [0, 0.05) is 11.8 Å². The second-order valence-corrected chi connectivity index (χ2v) is 6.58. The molecule has 2 aliphatic rings. The van der Waals surface area contributed by atoms with Crippen LogP contribution in [-0.2, 0) is 14.4 Å². The van der Waals surface area contributed by atoms with E-state index in [1.54, 1.807) is 0 Å². The van der Waals surface area contributed by atoms with Crippen molar-refractivity contribution in [2.45, 2.75) is 12.1 Å². The molecule has 1 fully saturated rings. The highest BCUT2D eigenvalue weighted by Crippen LogP contribution is 2.36. The zero-order chi connectivity index (χ0) is 22.4. The van der Waals surface area contributed by atoms with Crippen LogP contribution in [0.1, 0.15) is 0 Å². The number of nitrogens with zero attached hydrogens (tertiary/aromatic N) is 4. The Morgan fingerprint density at radius 2 is 1.68 bits per heavy atom. The molecule has 3 amide bonds. The summed E-state index contributed by atoms with van der Waals surface area (Å²) >= 11 is 0. The molecule has 2 aromatic carbocycles. The average molecular weight is 439 g/mol. The van der Waals surface area contributed by atoms with Gasteiger partial charge in [-0.2, -0.15) is 5.11 Å². The third kappa shape index (κ3) is 3.37.